The monoisotopic (exact) mass is 660 g/mol. The lowest BCUT2D eigenvalue weighted by Gasteiger charge is -2.14. The van der Waals surface area contributed by atoms with Gasteiger partial charge in [-0.3, -0.25) is 38.3 Å². The Bertz CT molecular complexity index is 1650. The van der Waals surface area contributed by atoms with Gasteiger partial charge in [0.25, 0.3) is 11.1 Å². The molecule has 0 aromatic carbocycles. The Morgan fingerprint density at radius 2 is 1.15 bits per heavy atom. The van der Waals surface area contributed by atoms with E-state index in [2.05, 4.69) is 40.5 Å². The van der Waals surface area contributed by atoms with Gasteiger partial charge in [-0.25, -0.2) is 9.97 Å². The molecule has 20 heteroatoms. The molecule has 0 fully saturated rings. The molecule has 0 spiro atoms. The van der Waals surface area contributed by atoms with Gasteiger partial charge in [0.2, 0.25) is 11.9 Å². The normalized spacial score (nSPS) is 12.9. The van der Waals surface area contributed by atoms with Crippen LogP contribution in [0.3, 0.4) is 0 Å². The molecule has 0 radical (unpaired) electrons. The van der Waals surface area contributed by atoms with Crippen LogP contribution in [-0.2, 0) is 42.0 Å². The van der Waals surface area contributed by atoms with Crippen LogP contribution < -0.4 is 33.2 Å². The molecule has 0 aliphatic heterocycles. The number of carbonyl (C=O) groups is 2. The summed E-state index contributed by atoms with van der Waals surface area (Å²) in [6.07, 6.45) is 2.81. The van der Waals surface area contributed by atoms with Crippen molar-refractivity contribution in [3.63, 3.8) is 0 Å². The van der Waals surface area contributed by atoms with Crippen LogP contribution >= 0.6 is 0 Å². The zero-order valence-corrected chi connectivity index (χ0v) is 26.5. The van der Waals surface area contributed by atoms with Gasteiger partial charge < -0.3 is 41.0 Å². The SMILES string of the molecule is CC(C)[C@H](N)C(=O)OCCOCn1cnc2c(=O)[nH]c(NCNc3nc4c(ncn4COCCOC(=O)[C@@H](N)C(C)C)c(=O)[nH]3)nc21. The maximum absolute atomic E-state index is 12.6. The number of nitrogens with one attached hydrogen (secondary N) is 4. The zero-order chi connectivity index (χ0) is 34.1. The van der Waals surface area contributed by atoms with Crippen LogP contribution in [0.25, 0.3) is 22.3 Å². The number of ether oxygens (including phenoxy) is 4. The topological polar surface area (TPSA) is 274 Å². The number of anilines is 2. The molecule has 4 aromatic rings. The van der Waals surface area contributed by atoms with Crippen molar-refractivity contribution >= 4 is 46.2 Å². The molecule has 4 heterocycles. The first-order valence-corrected chi connectivity index (χ1v) is 14.8. The van der Waals surface area contributed by atoms with Crippen molar-refractivity contribution < 1.29 is 28.5 Å². The van der Waals surface area contributed by atoms with Crippen molar-refractivity contribution in [2.75, 3.05) is 43.7 Å². The molecule has 0 aliphatic rings. The Morgan fingerprint density at radius 3 is 1.53 bits per heavy atom. The van der Waals surface area contributed by atoms with E-state index < -0.39 is 35.1 Å². The molecular formula is C27H40N12O8. The average Bonchev–Trinajstić information content (AvgIpc) is 3.64. The highest BCUT2D eigenvalue weighted by Gasteiger charge is 2.19. The summed E-state index contributed by atoms with van der Waals surface area (Å²) in [4.78, 5) is 71.0. The highest BCUT2D eigenvalue weighted by molar-refractivity contribution is 5.76. The fourth-order valence-corrected chi connectivity index (χ4v) is 3.94. The highest BCUT2D eigenvalue weighted by atomic mass is 16.6. The van der Waals surface area contributed by atoms with E-state index in [-0.39, 0.29) is 92.6 Å². The Hall–Kier alpha value is -4.92. The lowest BCUT2D eigenvalue weighted by molar-refractivity contribution is -0.149. The number of esters is 2. The number of carbonyl (C=O) groups excluding carboxylic acids is 2. The molecule has 4 aromatic heterocycles. The van der Waals surface area contributed by atoms with Crippen LogP contribution in [0.1, 0.15) is 27.7 Å². The maximum Gasteiger partial charge on any atom is 0.323 e. The Kier molecular flexibility index (Phi) is 11.9. The van der Waals surface area contributed by atoms with Gasteiger partial charge in [0.05, 0.1) is 32.5 Å². The second-order valence-electron chi connectivity index (χ2n) is 11.1. The molecule has 2 atom stereocenters. The third-order valence-corrected chi connectivity index (χ3v) is 6.85. The molecule has 0 aliphatic carbocycles. The minimum Gasteiger partial charge on any atom is -0.462 e. The van der Waals surface area contributed by atoms with Gasteiger partial charge in [0.15, 0.2) is 22.3 Å². The number of hydrogen-bond acceptors (Lipinski definition) is 16. The Morgan fingerprint density at radius 1 is 0.745 bits per heavy atom. The van der Waals surface area contributed by atoms with Crippen LogP contribution in [0.5, 0.6) is 0 Å². The minimum atomic E-state index is -0.711. The molecule has 256 valence electrons. The summed E-state index contributed by atoms with van der Waals surface area (Å²) in [5, 5.41) is 5.82. The summed E-state index contributed by atoms with van der Waals surface area (Å²) < 4.78 is 24.4. The van der Waals surface area contributed by atoms with E-state index in [4.69, 9.17) is 30.4 Å². The molecule has 20 nitrogen and oxygen atoms in total. The summed E-state index contributed by atoms with van der Waals surface area (Å²) in [5.41, 5.74) is 11.3. The standard InChI is InChI=1S/C27H40N12O8/c1-14(2)16(28)24(42)46-7-5-44-12-38-10-32-18-20(38)34-26(36-22(18)40)30-9-31-27-35-21-19(23(41)37-27)33-11-39(21)13-45-6-8-47-25(43)17(29)15(3)4/h10-11,14-17H,5-9,12-13,28-29H2,1-4H3,(H2,30,34,36,40)(H2,31,35,37,41)/t16-,17-/m0/s1. The molecule has 0 saturated carbocycles. The molecule has 8 N–H and O–H groups in total. The van der Waals surface area contributed by atoms with Crippen LogP contribution in [0.2, 0.25) is 0 Å². The van der Waals surface area contributed by atoms with E-state index in [1.807, 2.05) is 27.7 Å². The first kappa shape index (κ1) is 34.9. The molecule has 47 heavy (non-hydrogen) atoms. The third kappa shape index (κ3) is 9.09. The number of H-pyrrole nitrogens is 2. The summed E-state index contributed by atoms with van der Waals surface area (Å²) >= 11 is 0. The second kappa shape index (κ2) is 16.1. The largest absolute Gasteiger partial charge is 0.462 e. The van der Waals surface area contributed by atoms with Crippen molar-refractivity contribution in [2.24, 2.45) is 23.3 Å². The van der Waals surface area contributed by atoms with Gasteiger partial charge in [-0.2, -0.15) is 9.97 Å². The zero-order valence-electron chi connectivity index (χ0n) is 26.5. The number of hydrogen-bond donors (Lipinski definition) is 6. The van der Waals surface area contributed by atoms with Crippen LogP contribution in [-0.4, -0.2) is 96.2 Å². The minimum absolute atomic E-state index is 0.00154. The maximum atomic E-state index is 12.6. The number of nitrogens with two attached hydrogens (primary N) is 2. The van der Waals surface area contributed by atoms with E-state index in [1.165, 1.54) is 21.8 Å². The number of rotatable bonds is 18. The van der Waals surface area contributed by atoms with Crippen LogP contribution in [0, 0.1) is 11.8 Å². The first-order valence-electron chi connectivity index (χ1n) is 14.8. The van der Waals surface area contributed by atoms with Gasteiger partial charge in [-0.15, -0.1) is 0 Å². The summed E-state index contributed by atoms with van der Waals surface area (Å²) in [6.45, 7) is 7.51. The van der Waals surface area contributed by atoms with Crippen molar-refractivity contribution in [2.45, 2.75) is 53.2 Å². The fraction of sp³-hybridized carbons (Fsp3) is 0.556. The predicted octanol–water partition coefficient (Wildman–Crippen LogP) is -0.965. The third-order valence-electron chi connectivity index (χ3n) is 6.85. The Labute approximate surface area is 267 Å². The summed E-state index contributed by atoms with van der Waals surface area (Å²) in [5.74, 6) is -0.880. The number of fused-ring (bicyclic) bond motifs is 2. The van der Waals surface area contributed by atoms with Crippen molar-refractivity contribution in [1.29, 1.82) is 0 Å². The predicted molar refractivity (Wildman–Crippen MR) is 168 cm³/mol. The average molecular weight is 661 g/mol. The molecule has 0 unspecified atom stereocenters. The molecule has 0 saturated heterocycles. The smallest absolute Gasteiger partial charge is 0.323 e. The van der Waals surface area contributed by atoms with Crippen molar-refractivity contribution in [3.05, 3.63) is 33.4 Å². The number of imidazole rings is 2. The van der Waals surface area contributed by atoms with Gasteiger partial charge in [-0.05, 0) is 11.8 Å². The number of aromatic nitrogens is 8. The van der Waals surface area contributed by atoms with Gasteiger partial charge >= 0.3 is 11.9 Å². The van der Waals surface area contributed by atoms with E-state index >= 15 is 0 Å². The van der Waals surface area contributed by atoms with Gasteiger partial charge in [-0.1, -0.05) is 27.7 Å². The van der Waals surface area contributed by atoms with Gasteiger partial charge in [0.1, 0.15) is 38.8 Å². The van der Waals surface area contributed by atoms with Gasteiger partial charge in [0, 0.05) is 0 Å². The van der Waals surface area contributed by atoms with Crippen molar-refractivity contribution in [3.8, 4) is 0 Å². The molecular weight excluding hydrogens is 620 g/mol. The lowest BCUT2D eigenvalue weighted by atomic mass is 10.1. The van der Waals surface area contributed by atoms with E-state index in [9.17, 15) is 19.2 Å². The number of aromatic amines is 2. The van der Waals surface area contributed by atoms with E-state index in [0.29, 0.717) is 0 Å². The highest BCUT2D eigenvalue weighted by Crippen LogP contribution is 2.10. The molecule has 0 amide bonds. The van der Waals surface area contributed by atoms with E-state index in [1.54, 1.807) is 0 Å². The van der Waals surface area contributed by atoms with Crippen LogP contribution in [0.4, 0.5) is 11.9 Å². The lowest BCUT2D eigenvalue weighted by Crippen LogP contribution is -2.37. The van der Waals surface area contributed by atoms with Crippen molar-refractivity contribution in [1.82, 2.24) is 39.0 Å². The van der Waals surface area contributed by atoms with E-state index in [0.717, 1.165) is 0 Å². The number of nitrogens with zero attached hydrogens (tertiary/aromatic N) is 6. The first-order chi connectivity index (χ1) is 22.5. The molecule has 0 bridgehead atoms. The van der Waals surface area contributed by atoms with Crippen LogP contribution in [0.15, 0.2) is 22.2 Å². The summed E-state index contributed by atoms with van der Waals surface area (Å²) in [6, 6.07) is -1.42. The second-order valence-corrected chi connectivity index (χ2v) is 11.1. The summed E-state index contributed by atoms with van der Waals surface area (Å²) in [7, 11) is 0. The molecule has 4 rings (SSSR count). The fourth-order valence-electron chi connectivity index (χ4n) is 3.94. The quantitative estimate of drug-likeness (QED) is 0.0426. The Balaban J connectivity index is 1.29.